The van der Waals surface area contributed by atoms with Crippen LogP contribution in [0, 0.1) is 0 Å². The minimum atomic E-state index is 0.0544. The molecule has 2 heteroatoms. The van der Waals surface area contributed by atoms with E-state index in [9.17, 15) is 0 Å². The van der Waals surface area contributed by atoms with Gasteiger partial charge >= 0.3 is 0 Å². The predicted octanol–water partition coefficient (Wildman–Crippen LogP) is 2.67. The van der Waals surface area contributed by atoms with Gasteiger partial charge in [0, 0.05) is 0 Å². The average Bonchev–Trinajstić information content (AvgIpc) is 2.32. The van der Waals surface area contributed by atoms with Crippen molar-refractivity contribution in [3.05, 3.63) is 60.4 Å². The van der Waals surface area contributed by atoms with Crippen molar-refractivity contribution >= 4 is 0 Å². The Morgan fingerprint density at radius 1 is 1.13 bits per heavy atom. The minimum absolute atomic E-state index is 0.0544. The molecule has 0 aliphatic carbocycles. The molecule has 78 valence electrons. The molecule has 0 spiro atoms. The highest BCUT2D eigenvalue weighted by atomic mass is 16.5. The van der Waals surface area contributed by atoms with Gasteiger partial charge in [-0.2, -0.15) is 0 Å². The lowest BCUT2D eigenvalue weighted by Crippen LogP contribution is -2.16. The molecule has 1 aromatic rings. The molecular formula is C13H14O2. The number of ether oxygens (including phenoxy) is 2. The third-order valence-electron chi connectivity index (χ3n) is 2.16. The van der Waals surface area contributed by atoms with Crippen LogP contribution in [0.4, 0.5) is 0 Å². The summed E-state index contributed by atoms with van der Waals surface area (Å²) >= 11 is 0. The van der Waals surface area contributed by atoms with E-state index in [0.29, 0.717) is 13.2 Å². The van der Waals surface area contributed by atoms with Crippen LogP contribution >= 0.6 is 0 Å². The number of allylic oxidation sites excluding steroid dienone is 2. The second-order valence-corrected chi connectivity index (χ2v) is 3.39. The van der Waals surface area contributed by atoms with Gasteiger partial charge in [-0.1, -0.05) is 36.4 Å². The highest BCUT2D eigenvalue weighted by Crippen LogP contribution is 2.05. The van der Waals surface area contributed by atoms with Gasteiger partial charge in [0.25, 0.3) is 0 Å². The van der Waals surface area contributed by atoms with Crippen molar-refractivity contribution in [1.29, 1.82) is 0 Å². The molecule has 0 saturated carbocycles. The molecule has 2 nitrogen and oxygen atoms in total. The average molecular weight is 202 g/mol. The van der Waals surface area contributed by atoms with Crippen molar-refractivity contribution in [3.8, 4) is 0 Å². The smallest absolute Gasteiger partial charge is 0.139 e. The van der Waals surface area contributed by atoms with Crippen LogP contribution in [-0.4, -0.2) is 12.7 Å². The number of hydrogen-bond donors (Lipinski definition) is 0. The summed E-state index contributed by atoms with van der Waals surface area (Å²) in [6.45, 7) is 1.23. The van der Waals surface area contributed by atoms with Crippen LogP contribution < -0.4 is 0 Å². The molecule has 1 aromatic carbocycles. The van der Waals surface area contributed by atoms with E-state index in [4.69, 9.17) is 9.47 Å². The van der Waals surface area contributed by atoms with Gasteiger partial charge in [0.2, 0.25) is 0 Å². The van der Waals surface area contributed by atoms with E-state index < -0.39 is 0 Å². The summed E-state index contributed by atoms with van der Waals surface area (Å²) in [6.07, 6.45) is 7.58. The summed E-state index contributed by atoms with van der Waals surface area (Å²) in [7, 11) is 0. The number of benzene rings is 1. The largest absolute Gasteiger partial charge is 0.492 e. The Morgan fingerprint density at radius 3 is 2.73 bits per heavy atom. The van der Waals surface area contributed by atoms with Gasteiger partial charge in [-0.3, -0.25) is 0 Å². The van der Waals surface area contributed by atoms with Crippen molar-refractivity contribution in [2.24, 2.45) is 0 Å². The monoisotopic (exact) mass is 202 g/mol. The minimum Gasteiger partial charge on any atom is -0.492 e. The quantitative estimate of drug-likeness (QED) is 0.747. The van der Waals surface area contributed by atoms with E-state index in [-0.39, 0.29) is 6.10 Å². The van der Waals surface area contributed by atoms with Crippen LogP contribution in [0.3, 0.4) is 0 Å². The normalized spacial score (nSPS) is 18.8. The Kier molecular flexibility index (Phi) is 3.58. The van der Waals surface area contributed by atoms with Crippen LogP contribution in [0.5, 0.6) is 0 Å². The van der Waals surface area contributed by atoms with Crippen LogP contribution in [0.15, 0.2) is 54.8 Å². The highest BCUT2D eigenvalue weighted by molar-refractivity contribution is 5.13. The van der Waals surface area contributed by atoms with Crippen molar-refractivity contribution in [3.63, 3.8) is 0 Å². The van der Waals surface area contributed by atoms with Gasteiger partial charge in [0.05, 0.1) is 19.5 Å². The summed E-state index contributed by atoms with van der Waals surface area (Å²) in [6, 6.07) is 10.1. The van der Waals surface area contributed by atoms with Crippen molar-refractivity contribution in [2.75, 3.05) is 6.61 Å². The van der Waals surface area contributed by atoms with Crippen LogP contribution in [-0.2, 0) is 16.1 Å². The first-order chi connectivity index (χ1) is 7.45. The molecule has 0 bridgehead atoms. The molecule has 0 saturated heterocycles. The summed E-state index contributed by atoms with van der Waals surface area (Å²) < 4.78 is 10.9. The predicted molar refractivity (Wildman–Crippen MR) is 59.3 cm³/mol. The molecule has 1 aliphatic rings. The van der Waals surface area contributed by atoms with Gasteiger partial charge in [-0.25, -0.2) is 0 Å². The molecule has 0 amide bonds. The maximum Gasteiger partial charge on any atom is 0.139 e. The zero-order chi connectivity index (χ0) is 10.3. The molecule has 0 aromatic heterocycles. The molecular weight excluding hydrogens is 188 g/mol. The maximum atomic E-state index is 5.55. The lowest BCUT2D eigenvalue weighted by atomic mass is 10.2. The molecule has 0 radical (unpaired) electrons. The van der Waals surface area contributed by atoms with Crippen molar-refractivity contribution in [1.82, 2.24) is 0 Å². The summed E-state index contributed by atoms with van der Waals surface area (Å²) in [5.74, 6) is 0. The molecule has 0 fully saturated rings. The van der Waals surface area contributed by atoms with Gasteiger partial charge < -0.3 is 9.47 Å². The number of hydrogen-bond acceptors (Lipinski definition) is 2. The van der Waals surface area contributed by atoms with E-state index in [1.807, 2.05) is 36.4 Å². The van der Waals surface area contributed by atoms with Gasteiger partial charge in [0.15, 0.2) is 0 Å². The third-order valence-corrected chi connectivity index (χ3v) is 2.16. The van der Waals surface area contributed by atoms with E-state index >= 15 is 0 Å². The molecule has 15 heavy (non-hydrogen) atoms. The van der Waals surface area contributed by atoms with Gasteiger partial charge in [-0.15, -0.1) is 0 Å². The fourth-order valence-electron chi connectivity index (χ4n) is 1.39. The van der Waals surface area contributed by atoms with Crippen molar-refractivity contribution < 1.29 is 9.47 Å². The first kappa shape index (κ1) is 9.99. The Labute approximate surface area is 89.8 Å². The van der Waals surface area contributed by atoms with E-state index in [1.54, 1.807) is 6.26 Å². The molecule has 2 rings (SSSR count). The van der Waals surface area contributed by atoms with Crippen LogP contribution in [0.25, 0.3) is 0 Å². The maximum absolute atomic E-state index is 5.55. The molecule has 0 N–H and O–H groups in total. The summed E-state index contributed by atoms with van der Waals surface area (Å²) in [5.41, 5.74) is 1.19. The fourth-order valence-corrected chi connectivity index (χ4v) is 1.39. The van der Waals surface area contributed by atoms with E-state index in [0.717, 1.165) is 0 Å². The van der Waals surface area contributed by atoms with E-state index in [2.05, 4.69) is 12.1 Å². The Morgan fingerprint density at radius 2 is 2.00 bits per heavy atom. The first-order valence-corrected chi connectivity index (χ1v) is 5.05. The molecule has 0 unspecified atom stereocenters. The fraction of sp³-hybridized carbons (Fsp3) is 0.231. The van der Waals surface area contributed by atoms with E-state index in [1.165, 1.54) is 5.56 Å². The lowest BCUT2D eigenvalue weighted by Gasteiger charge is -2.14. The van der Waals surface area contributed by atoms with Gasteiger partial charge in [0.1, 0.15) is 6.10 Å². The van der Waals surface area contributed by atoms with Gasteiger partial charge in [-0.05, 0) is 17.7 Å². The molecule has 1 atom stereocenters. The summed E-state index contributed by atoms with van der Waals surface area (Å²) in [5, 5.41) is 0. The number of rotatable bonds is 4. The SMILES string of the molecule is C1=CO[C@H](COCc2ccccc2)C=C1. The van der Waals surface area contributed by atoms with Crippen LogP contribution in [0.2, 0.25) is 0 Å². The topological polar surface area (TPSA) is 18.5 Å². The molecule has 1 heterocycles. The second kappa shape index (κ2) is 5.37. The Bertz CT molecular complexity index is 341. The standard InChI is InChI=1S/C13H14O2/c1-2-6-12(7-3-1)10-14-11-13-8-4-5-9-15-13/h1-9,13H,10-11H2/t13-/m0/s1. The molecule has 1 aliphatic heterocycles. The Balaban J connectivity index is 1.71. The summed E-state index contributed by atoms with van der Waals surface area (Å²) in [4.78, 5) is 0. The first-order valence-electron chi connectivity index (χ1n) is 5.05. The van der Waals surface area contributed by atoms with Crippen molar-refractivity contribution in [2.45, 2.75) is 12.7 Å². The zero-order valence-electron chi connectivity index (χ0n) is 8.50. The van der Waals surface area contributed by atoms with Crippen LogP contribution in [0.1, 0.15) is 5.56 Å². The zero-order valence-corrected chi connectivity index (χ0v) is 8.50. The highest BCUT2D eigenvalue weighted by Gasteiger charge is 2.05. The lowest BCUT2D eigenvalue weighted by molar-refractivity contribution is 0.0407. The third kappa shape index (κ3) is 3.26. The Hall–Kier alpha value is -1.54. The second-order valence-electron chi connectivity index (χ2n) is 3.39.